The van der Waals surface area contributed by atoms with E-state index in [2.05, 4.69) is 30.7 Å². The number of carbonyl (C=O) groups excluding carboxylic acids is 1. The summed E-state index contributed by atoms with van der Waals surface area (Å²) in [6.07, 6.45) is 0.251. The van der Waals surface area contributed by atoms with Gasteiger partial charge in [-0.05, 0) is 48.0 Å². The summed E-state index contributed by atoms with van der Waals surface area (Å²) in [5, 5.41) is 16.3. The Labute approximate surface area is 178 Å². The maximum atomic E-state index is 12.5. The Morgan fingerprint density at radius 2 is 1.77 bits per heavy atom. The van der Waals surface area contributed by atoms with Crippen molar-refractivity contribution in [2.75, 3.05) is 16.8 Å². The Morgan fingerprint density at radius 3 is 2.35 bits per heavy atom. The molecule has 13 heteroatoms. The average molecular weight is 463 g/mol. The molecule has 0 saturated carbocycles. The van der Waals surface area contributed by atoms with Crippen LogP contribution in [0.3, 0.4) is 0 Å². The van der Waals surface area contributed by atoms with E-state index in [9.17, 15) is 21.6 Å². The van der Waals surface area contributed by atoms with Crippen LogP contribution in [0.25, 0.3) is 11.4 Å². The molecule has 2 heterocycles. The van der Waals surface area contributed by atoms with E-state index in [-0.39, 0.29) is 28.7 Å². The van der Waals surface area contributed by atoms with Gasteiger partial charge in [-0.25, -0.2) is 21.6 Å². The van der Waals surface area contributed by atoms with E-state index >= 15 is 0 Å². The van der Waals surface area contributed by atoms with Gasteiger partial charge < -0.3 is 5.32 Å². The first-order valence-corrected chi connectivity index (χ1v) is 12.5. The second kappa shape index (κ2) is 8.17. The molecule has 3 N–H and O–H groups in total. The highest BCUT2D eigenvalue weighted by molar-refractivity contribution is 7.92. The van der Waals surface area contributed by atoms with Crippen molar-refractivity contribution in [2.45, 2.75) is 17.4 Å². The molecule has 0 aliphatic carbocycles. The number of aromatic nitrogens is 4. The van der Waals surface area contributed by atoms with E-state index in [1.54, 1.807) is 24.3 Å². The Morgan fingerprint density at radius 1 is 1.06 bits per heavy atom. The van der Waals surface area contributed by atoms with Crippen molar-refractivity contribution in [1.29, 1.82) is 0 Å². The number of sulfonamides is 1. The second-order valence-electron chi connectivity index (χ2n) is 7.01. The molecule has 11 nitrogen and oxygen atoms in total. The van der Waals surface area contributed by atoms with Crippen molar-refractivity contribution in [3.8, 4) is 11.4 Å². The number of rotatable bonds is 6. The molecule has 3 aromatic rings. The van der Waals surface area contributed by atoms with Gasteiger partial charge in [-0.1, -0.05) is 12.1 Å². The number of tetrazole rings is 1. The first kappa shape index (κ1) is 21.1. The smallest absolute Gasteiger partial charge is 0.255 e. The number of amides is 1. The lowest BCUT2D eigenvalue weighted by Crippen LogP contribution is -2.35. The molecule has 1 fully saturated rings. The predicted molar refractivity (Wildman–Crippen MR) is 111 cm³/mol. The molecular weight excluding hydrogens is 444 g/mol. The van der Waals surface area contributed by atoms with Gasteiger partial charge >= 0.3 is 0 Å². The van der Waals surface area contributed by atoms with Gasteiger partial charge in [0.1, 0.15) is 0 Å². The highest BCUT2D eigenvalue weighted by atomic mass is 32.2. The zero-order chi connectivity index (χ0) is 22.1. The van der Waals surface area contributed by atoms with E-state index in [1.807, 2.05) is 0 Å². The third-order valence-electron chi connectivity index (χ3n) is 4.73. The minimum Gasteiger partial charge on any atom is -0.322 e. The van der Waals surface area contributed by atoms with Gasteiger partial charge in [0.25, 0.3) is 5.91 Å². The minimum absolute atomic E-state index is 0.0146. The Kier molecular flexibility index (Phi) is 5.56. The number of carbonyl (C=O) groups is 1. The fourth-order valence-corrected chi connectivity index (χ4v) is 6.20. The number of sulfone groups is 1. The molecule has 1 aromatic heterocycles. The maximum Gasteiger partial charge on any atom is 0.255 e. The lowest BCUT2D eigenvalue weighted by atomic mass is 10.1. The molecule has 2 aromatic carbocycles. The van der Waals surface area contributed by atoms with Gasteiger partial charge in [-0.3, -0.25) is 4.79 Å². The van der Waals surface area contributed by atoms with Crippen LogP contribution in [0.5, 0.6) is 0 Å². The summed E-state index contributed by atoms with van der Waals surface area (Å²) in [4.78, 5) is 12.4. The van der Waals surface area contributed by atoms with Gasteiger partial charge in [0.05, 0.1) is 16.4 Å². The Bertz CT molecular complexity index is 1290. The minimum atomic E-state index is -3.86. The molecule has 0 unspecified atom stereocenters. The summed E-state index contributed by atoms with van der Waals surface area (Å²) >= 11 is 0. The number of benzene rings is 2. The van der Waals surface area contributed by atoms with Crippen molar-refractivity contribution in [1.82, 2.24) is 25.3 Å². The predicted octanol–water partition coefficient (Wildman–Crippen LogP) is 0.584. The summed E-state index contributed by atoms with van der Waals surface area (Å²) in [6.45, 7) is 0. The molecule has 1 saturated heterocycles. The molecular formula is C18H18N6O5S2. The molecule has 1 aliphatic heterocycles. The van der Waals surface area contributed by atoms with Gasteiger partial charge in [0, 0.05) is 22.9 Å². The van der Waals surface area contributed by atoms with Crippen LogP contribution in [0, 0.1) is 0 Å². The zero-order valence-electron chi connectivity index (χ0n) is 16.0. The first-order valence-electron chi connectivity index (χ1n) is 9.20. The van der Waals surface area contributed by atoms with E-state index in [1.165, 1.54) is 24.3 Å². The largest absolute Gasteiger partial charge is 0.322 e. The molecule has 31 heavy (non-hydrogen) atoms. The summed E-state index contributed by atoms with van der Waals surface area (Å²) in [6, 6.07) is 11.6. The lowest BCUT2D eigenvalue weighted by molar-refractivity contribution is 0.102. The molecule has 1 amide bonds. The van der Waals surface area contributed by atoms with Crippen LogP contribution < -0.4 is 10.0 Å². The molecule has 0 spiro atoms. The normalized spacial score (nSPS) is 18.0. The molecule has 0 bridgehead atoms. The van der Waals surface area contributed by atoms with Crippen LogP contribution in [0.4, 0.5) is 5.69 Å². The quantitative estimate of drug-likeness (QED) is 0.479. The molecule has 4 rings (SSSR count). The molecule has 0 radical (unpaired) electrons. The lowest BCUT2D eigenvalue weighted by Gasteiger charge is -2.12. The highest BCUT2D eigenvalue weighted by Gasteiger charge is 2.31. The van der Waals surface area contributed by atoms with E-state index in [0.717, 1.165) is 0 Å². The number of aromatic amines is 1. The molecule has 1 aliphatic rings. The fourth-order valence-electron chi connectivity index (χ4n) is 3.15. The summed E-state index contributed by atoms with van der Waals surface area (Å²) in [5.74, 6) is -0.190. The molecule has 162 valence electrons. The number of anilines is 1. The summed E-state index contributed by atoms with van der Waals surface area (Å²) < 4.78 is 50.4. The zero-order valence-corrected chi connectivity index (χ0v) is 17.6. The standard InChI is InChI=1S/C18H18N6O5S2/c25-18(13-3-1-12(2-4-13)17-20-23-24-21-17)19-14-5-7-16(8-6-14)31(28,29)22-15-9-10-30(26,27)11-15/h1-8,15,22H,9-11H2,(H,19,25)(H,20,21,23,24)/t15-/m1/s1. The van der Waals surface area contributed by atoms with Crippen molar-refractivity contribution < 1.29 is 21.6 Å². The van der Waals surface area contributed by atoms with E-state index < -0.39 is 25.9 Å². The number of nitrogens with zero attached hydrogens (tertiary/aromatic N) is 3. The van der Waals surface area contributed by atoms with Crippen LogP contribution >= 0.6 is 0 Å². The number of nitrogens with one attached hydrogen (secondary N) is 3. The summed E-state index contributed by atoms with van der Waals surface area (Å²) in [5.41, 5.74) is 1.50. The van der Waals surface area contributed by atoms with Crippen molar-refractivity contribution in [2.24, 2.45) is 0 Å². The van der Waals surface area contributed by atoms with Crippen LogP contribution in [-0.2, 0) is 19.9 Å². The fraction of sp³-hybridized carbons (Fsp3) is 0.222. The van der Waals surface area contributed by atoms with Crippen LogP contribution in [0.15, 0.2) is 53.4 Å². The van der Waals surface area contributed by atoms with Crippen LogP contribution in [0.1, 0.15) is 16.8 Å². The van der Waals surface area contributed by atoms with Crippen molar-refractivity contribution in [3.05, 3.63) is 54.1 Å². The number of H-pyrrole nitrogens is 1. The Balaban J connectivity index is 1.40. The third-order valence-corrected chi connectivity index (χ3v) is 8.03. The van der Waals surface area contributed by atoms with Gasteiger partial charge in [-0.15, -0.1) is 10.2 Å². The molecule has 1 atom stereocenters. The number of hydrogen-bond acceptors (Lipinski definition) is 8. The number of hydrogen-bond donors (Lipinski definition) is 3. The third kappa shape index (κ3) is 4.95. The van der Waals surface area contributed by atoms with Gasteiger partial charge in [0.15, 0.2) is 9.84 Å². The first-order chi connectivity index (χ1) is 14.7. The topological polar surface area (TPSA) is 164 Å². The summed E-state index contributed by atoms with van der Waals surface area (Å²) in [7, 11) is -7.06. The monoisotopic (exact) mass is 462 g/mol. The van der Waals surface area contributed by atoms with Gasteiger partial charge in [-0.2, -0.15) is 5.21 Å². The van der Waals surface area contributed by atoms with Crippen molar-refractivity contribution in [3.63, 3.8) is 0 Å². The van der Waals surface area contributed by atoms with Crippen molar-refractivity contribution >= 4 is 31.5 Å². The van der Waals surface area contributed by atoms with E-state index in [0.29, 0.717) is 22.6 Å². The Hall–Kier alpha value is -3.16. The SMILES string of the molecule is O=C(Nc1ccc(S(=O)(=O)N[C@@H]2CCS(=O)(=O)C2)cc1)c1ccc(-c2nn[nH]n2)cc1. The average Bonchev–Trinajstić information content (AvgIpc) is 3.38. The maximum absolute atomic E-state index is 12.5. The highest BCUT2D eigenvalue weighted by Crippen LogP contribution is 2.19. The van der Waals surface area contributed by atoms with E-state index in [4.69, 9.17) is 0 Å². The van der Waals surface area contributed by atoms with Crippen LogP contribution in [-0.4, -0.2) is 60.9 Å². The van der Waals surface area contributed by atoms with Crippen LogP contribution in [0.2, 0.25) is 0 Å². The van der Waals surface area contributed by atoms with Gasteiger partial charge in [0.2, 0.25) is 15.8 Å². The second-order valence-corrected chi connectivity index (χ2v) is 11.0.